The molecule has 0 N–H and O–H groups in total. The molecule has 1 aliphatic rings. The van der Waals surface area contributed by atoms with Gasteiger partial charge in [0.15, 0.2) is 0 Å². The van der Waals surface area contributed by atoms with E-state index in [9.17, 15) is 0 Å². The quantitative estimate of drug-likeness (QED) is 0.248. The minimum Gasteiger partial charge on any atom is -0.490 e. The van der Waals surface area contributed by atoms with Crippen molar-refractivity contribution in [1.29, 1.82) is 0 Å². The first kappa shape index (κ1) is 19.1. The van der Waals surface area contributed by atoms with Crippen molar-refractivity contribution >= 4 is 0 Å². The van der Waals surface area contributed by atoms with Crippen molar-refractivity contribution in [1.82, 2.24) is 0 Å². The SMILES string of the molecule is CCCCCC/C=C/CCCCc1ccccc1OCC1(C)CO1. The number of para-hydroxylation sites is 1. The van der Waals surface area contributed by atoms with Gasteiger partial charge in [-0.3, -0.25) is 0 Å². The molecule has 1 aromatic rings. The first-order valence-electron chi connectivity index (χ1n) is 9.73. The molecule has 1 aliphatic heterocycles. The smallest absolute Gasteiger partial charge is 0.123 e. The normalized spacial score (nSPS) is 19.8. The van der Waals surface area contributed by atoms with Gasteiger partial charge in [-0.05, 0) is 57.1 Å². The van der Waals surface area contributed by atoms with Gasteiger partial charge in [-0.1, -0.05) is 56.5 Å². The summed E-state index contributed by atoms with van der Waals surface area (Å²) in [7, 11) is 0. The van der Waals surface area contributed by atoms with Crippen molar-refractivity contribution < 1.29 is 9.47 Å². The van der Waals surface area contributed by atoms with E-state index < -0.39 is 0 Å². The first-order chi connectivity index (χ1) is 11.7. The maximum Gasteiger partial charge on any atom is 0.123 e. The third-order valence-corrected chi connectivity index (χ3v) is 4.60. The molecule has 1 saturated heterocycles. The fraction of sp³-hybridized carbons (Fsp3) is 0.636. The summed E-state index contributed by atoms with van der Waals surface area (Å²) in [6.45, 7) is 5.84. The van der Waals surface area contributed by atoms with Crippen LogP contribution < -0.4 is 4.74 Å². The van der Waals surface area contributed by atoms with Crippen molar-refractivity contribution in [3.05, 3.63) is 42.0 Å². The third-order valence-electron chi connectivity index (χ3n) is 4.60. The molecular formula is C22H34O2. The fourth-order valence-corrected chi connectivity index (χ4v) is 2.79. The Hall–Kier alpha value is -1.28. The molecule has 2 rings (SSSR count). The lowest BCUT2D eigenvalue weighted by Gasteiger charge is -2.13. The zero-order valence-corrected chi connectivity index (χ0v) is 15.6. The van der Waals surface area contributed by atoms with Crippen molar-refractivity contribution in [2.24, 2.45) is 0 Å². The van der Waals surface area contributed by atoms with Crippen LogP contribution in [0.5, 0.6) is 5.75 Å². The van der Waals surface area contributed by atoms with Crippen LogP contribution in [0.15, 0.2) is 36.4 Å². The van der Waals surface area contributed by atoms with E-state index in [0.717, 1.165) is 18.8 Å². The molecule has 1 fully saturated rings. The lowest BCUT2D eigenvalue weighted by molar-refractivity contribution is 0.201. The standard InChI is InChI=1S/C22H34O2/c1-3-4-5-6-7-8-9-10-11-12-15-20-16-13-14-17-21(20)23-18-22(2)19-24-22/h8-9,13-14,16-17H,3-7,10-12,15,18-19H2,1-2H3/b9-8+. The van der Waals surface area contributed by atoms with Gasteiger partial charge in [0.1, 0.15) is 18.0 Å². The minimum atomic E-state index is -0.0466. The molecule has 2 heteroatoms. The van der Waals surface area contributed by atoms with Gasteiger partial charge in [0, 0.05) is 0 Å². The summed E-state index contributed by atoms with van der Waals surface area (Å²) in [4.78, 5) is 0. The molecule has 0 saturated carbocycles. The van der Waals surface area contributed by atoms with Crippen LogP contribution in [0.25, 0.3) is 0 Å². The van der Waals surface area contributed by atoms with Crippen LogP contribution >= 0.6 is 0 Å². The van der Waals surface area contributed by atoms with Crippen LogP contribution in [0.4, 0.5) is 0 Å². The number of ether oxygens (including phenoxy) is 2. The third kappa shape index (κ3) is 7.53. The van der Waals surface area contributed by atoms with E-state index in [1.807, 2.05) is 0 Å². The van der Waals surface area contributed by atoms with Gasteiger partial charge in [0.05, 0.1) is 6.61 Å². The van der Waals surface area contributed by atoms with Crippen molar-refractivity contribution in [2.75, 3.05) is 13.2 Å². The van der Waals surface area contributed by atoms with Gasteiger partial charge in [0.25, 0.3) is 0 Å². The van der Waals surface area contributed by atoms with Gasteiger partial charge in [-0.25, -0.2) is 0 Å². The van der Waals surface area contributed by atoms with E-state index in [0.29, 0.717) is 6.61 Å². The van der Waals surface area contributed by atoms with E-state index in [1.54, 1.807) is 0 Å². The Morgan fingerprint density at radius 1 is 1.04 bits per heavy atom. The van der Waals surface area contributed by atoms with Crippen LogP contribution in [0.1, 0.15) is 70.8 Å². The Kier molecular flexibility index (Phi) is 8.38. The maximum absolute atomic E-state index is 5.97. The number of hydrogen-bond acceptors (Lipinski definition) is 2. The second-order valence-corrected chi connectivity index (χ2v) is 7.20. The number of rotatable bonds is 13. The molecule has 24 heavy (non-hydrogen) atoms. The molecule has 0 radical (unpaired) electrons. The molecule has 1 unspecified atom stereocenters. The Bertz CT molecular complexity index is 488. The first-order valence-corrected chi connectivity index (χ1v) is 9.73. The largest absolute Gasteiger partial charge is 0.490 e. The highest BCUT2D eigenvalue weighted by molar-refractivity contribution is 5.33. The Morgan fingerprint density at radius 2 is 1.75 bits per heavy atom. The number of epoxide rings is 1. The molecule has 134 valence electrons. The summed E-state index contributed by atoms with van der Waals surface area (Å²) in [5.74, 6) is 1.03. The zero-order valence-electron chi connectivity index (χ0n) is 15.6. The van der Waals surface area contributed by atoms with E-state index in [1.165, 1.54) is 56.9 Å². The molecule has 0 amide bonds. The summed E-state index contributed by atoms with van der Waals surface area (Å²) >= 11 is 0. The minimum absolute atomic E-state index is 0.0466. The molecule has 0 bridgehead atoms. The summed E-state index contributed by atoms with van der Waals surface area (Å²) < 4.78 is 11.4. The average molecular weight is 331 g/mol. The Balaban J connectivity index is 1.59. The lowest BCUT2D eigenvalue weighted by Crippen LogP contribution is -2.17. The molecule has 0 aliphatic carbocycles. The average Bonchev–Trinajstić information content (AvgIpc) is 3.33. The highest BCUT2D eigenvalue weighted by atomic mass is 16.6. The number of unbranched alkanes of at least 4 members (excludes halogenated alkanes) is 6. The van der Waals surface area contributed by atoms with Crippen molar-refractivity contribution in [3.63, 3.8) is 0 Å². The van der Waals surface area contributed by atoms with E-state index in [-0.39, 0.29) is 5.60 Å². The van der Waals surface area contributed by atoms with E-state index in [2.05, 4.69) is 50.3 Å². The molecule has 1 aromatic carbocycles. The summed E-state index contributed by atoms with van der Waals surface area (Å²) in [5.41, 5.74) is 1.28. The van der Waals surface area contributed by atoms with Crippen LogP contribution in [0, 0.1) is 0 Å². The van der Waals surface area contributed by atoms with Crippen LogP contribution in [0.3, 0.4) is 0 Å². The van der Waals surface area contributed by atoms with E-state index >= 15 is 0 Å². The van der Waals surface area contributed by atoms with Crippen LogP contribution in [0.2, 0.25) is 0 Å². The predicted octanol–water partition coefficient (Wildman–Crippen LogP) is 6.09. The van der Waals surface area contributed by atoms with Gasteiger partial charge in [0.2, 0.25) is 0 Å². The Labute approximate surface area is 148 Å². The van der Waals surface area contributed by atoms with Gasteiger partial charge < -0.3 is 9.47 Å². The monoisotopic (exact) mass is 330 g/mol. The Morgan fingerprint density at radius 3 is 2.46 bits per heavy atom. The van der Waals surface area contributed by atoms with Gasteiger partial charge in [-0.15, -0.1) is 0 Å². The molecule has 2 nitrogen and oxygen atoms in total. The summed E-state index contributed by atoms with van der Waals surface area (Å²) in [5, 5.41) is 0. The topological polar surface area (TPSA) is 21.8 Å². The summed E-state index contributed by atoms with van der Waals surface area (Å²) in [6.07, 6.45) is 16.1. The molecule has 1 heterocycles. The number of hydrogen-bond donors (Lipinski definition) is 0. The fourth-order valence-electron chi connectivity index (χ4n) is 2.79. The second kappa shape index (κ2) is 10.6. The highest BCUT2D eigenvalue weighted by Crippen LogP contribution is 2.28. The number of allylic oxidation sites excluding steroid dienone is 2. The number of aryl methyl sites for hydroxylation is 1. The molecule has 1 atom stereocenters. The summed E-state index contributed by atoms with van der Waals surface area (Å²) in [6, 6.07) is 8.43. The van der Waals surface area contributed by atoms with Crippen molar-refractivity contribution in [2.45, 2.75) is 77.2 Å². The lowest BCUT2D eigenvalue weighted by atomic mass is 10.1. The molecule has 0 aromatic heterocycles. The van der Waals surface area contributed by atoms with Gasteiger partial charge in [-0.2, -0.15) is 0 Å². The van der Waals surface area contributed by atoms with E-state index in [4.69, 9.17) is 9.47 Å². The van der Waals surface area contributed by atoms with Gasteiger partial charge >= 0.3 is 0 Å². The zero-order chi connectivity index (χ0) is 17.1. The molecular weight excluding hydrogens is 296 g/mol. The predicted molar refractivity (Wildman–Crippen MR) is 102 cm³/mol. The second-order valence-electron chi connectivity index (χ2n) is 7.20. The molecule has 0 spiro atoms. The maximum atomic E-state index is 5.97. The van der Waals surface area contributed by atoms with Crippen LogP contribution in [-0.4, -0.2) is 18.8 Å². The van der Waals surface area contributed by atoms with Crippen molar-refractivity contribution in [3.8, 4) is 5.75 Å². The number of benzene rings is 1. The highest BCUT2D eigenvalue weighted by Gasteiger charge is 2.40. The van der Waals surface area contributed by atoms with Crippen LogP contribution in [-0.2, 0) is 11.2 Å².